The highest BCUT2D eigenvalue weighted by Crippen LogP contribution is 2.29. The average molecular weight is 392 g/mol. The number of aromatic nitrogens is 2. The van der Waals surface area contributed by atoms with Gasteiger partial charge in [-0.1, -0.05) is 12.1 Å². The molecule has 27 heavy (non-hydrogen) atoms. The second kappa shape index (κ2) is 8.10. The Morgan fingerprint density at radius 2 is 1.93 bits per heavy atom. The van der Waals surface area contributed by atoms with Crippen LogP contribution in [-0.2, 0) is 22.1 Å². The molecule has 1 fully saturated rings. The van der Waals surface area contributed by atoms with Crippen LogP contribution >= 0.6 is 12.4 Å². The molecule has 4 N–H and O–H groups in total. The van der Waals surface area contributed by atoms with Crippen molar-refractivity contribution in [1.82, 2.24) is 15.1 Å². The van der Waals surface area contributed by atoms with Gasteiger partial charge in [0.1, 0.15) is 0 Å². The summed E-state index contributed by atoms with van der Waals surface area (Å²) in [7, 11) is 1.87. The Bertz CT molecular complexity index is 816. The quantitative estimate of drug-likeness (QED) is 0.719. The number of hydrogen-bond acceptors (Lipinski definition) is 4. The lowest BCUT2D eigenvalue weighted by Crippen LogP contribution is -2.35. The molecule has 1 aliphatic rings. The van der Waals surface area contributed by atoms with E-state index in [0.29, 0.717) is 12.2 Å². The third kappa shape index (κ3) is 4.31. The summed E-state index contributed by atoms with van der Waals surface area (Å²) >= 11 is 0. The molecule has 1 saturated heterocycles. The Kier molecular flexibility index (Phi) is 6.28. The van der Waals surface area contributed by atoms with Gasteiger partial charge in [0.2, 0.25) is 11.8 Å². The lowest BCUT2D eigenvalue weighted by atomic mass is 9.84. The summed E-state index contributed by atoms with van der Waals surface area (Å²) in [5.74, 6) is -0.450. The van der Waals surface area contributed by atoms with E-state index in [9.17, 15) is 9.59 Å². The van der Waals surface area contributed by atoms with Crippen LogP contribution in [0.25, 0.3) is 0 Å². The van der Waals surface area contributed by atoms with Gasteiger partial charge in [0.15, 0.2) is 0 Å². The number of nitrogens with zero attached hydrogens (tertiary/aromatic N) is 2. The van der Waals surface area contributed by atoms with E-state index >= 15 is 0 Å². The van der Waals surface area contributed by atoms with E-state index < -0.39 is 5.41 Å². The van der Waals surface area contributed by atoms with E-state index in [4.69, 9.17) is 5.73 Å². The lowest BCUT2D eigenvalue weighted by Gasteiger charge is -2.21. The predicted octanol–water partition coefficient (Wildman–Crippen LogP) is 1.55. The molecule has 1 aromatic heterocycles. The monoisotopic (exact) mass is 391 g/mol. The second-order valence-electron chi connectivity index (χ2n) is 7.37. The highest BCUT2D eigenvalue weighted by molar-refractivity contribution is 5.94. The second-order valence-corrected chi connectivity index (χ2v) is 7.37. The molecule has 0 radical (unpaired) electrons. The van der Waals surface area contributed by atoms with E-state index in [1.165, 1.54) is 0 Å². The summed E-state index contributed by atoms with van der Waals surface area (Å²) in [6.07, 6.45) is 3.78. The van der Waals surface area contributed by atoms with Crippen LogP contribution in [0.5, 0.6) is 0 Å². The minimum Gasteiger partial charge on any atom is -0.369 e. The third-order valence-electron chi connectivity index (χ3n) is 5.19. The molecule has 0 saturated carbocycles. The fraction of sp³-hybridized carbons (Fsp3) is 0.421. The topological polar surface area (TPSA) is 102 Å². The Hall–Kier alpha value is -2.38. The minimum atomic E-state index is -0.747. The highest BCUT2D eigenvalue weighted by atomic mass is 35.5. The maximum absolute atomic E-state index is 12.7. The molecule has 0 bridgehead atoms. The van der Waals surface area contributed by atoms with Crippen molar-refractivity contribution in [2.45, 2.75) is 25.2 Å². The van der Waals surface area contributed by atoms with Crippen molar-refractivity contribution in [3.63, 3.8) is 0 Å². The van der Waals surface area contributed by atoms with Gasteiger partial charge in [0.25, 0.3) is 0 Å². The maximum Gasteiger partial charge on any atom is 0.229 e. The minimum absolute atomic E-state index is 0. The zero-order valence-corrected chi connectivity index (χ0v) is 16.5. The number of amides is 2. The predicted molar refractivity (Wildman–Crippen MR) is 107 cm³/mol. The smallest absolute Gasteiger partial charge is 0.229 e. The van der Waals surface area contributed by atoms with Crippen LogP contribution < -0.4 is 16.4 Å². The standard InChI is InChI=1S/C19H25N5O2.ClH/c1-19(2,18(20)26)13-4-6-14(7-5-13)23-17(25)16-10-21-9-15(16)12-8-22-24(3)11-12;/h4-8,11,15-16,21H,9-10H2,1-3H3,(H2,20,26)(H,23,25);1H/t15-,16+;/m1./s1. The molecule has 2 aromatic rings. The van der Waals surface area contributed by atoms with E-state index in [0.717, 1.165) is 17.7 Å². The van der Waals surface area contributed by atoms with Crippen LogP contribution in [0.3, 0.4) is 0 Å². The van der Waals surface area contributed by atoms with Crippen LogP contribution in [0.1, 0.15) is 30.9 Å². The van der Waals surface area contributed by atoms with Gasteiger partial charge in [-0.15, -0.1) is 12.4 Å². The highest BCUT2D eigenvalue weighted by Gasteiger charge is 2.35. The van der Waals surface area contributed by atoms with Gasteiger partial charge in [-0.25, -0.2) is 0 Å². The van der Waals surface area contributed by atoms with Crippen LogP contribution in [0.2, 0.25) is 0 Å². The molecule has 0 aliphatic carbocycles. The van der Waals surface area contributed by atoms with Gasteiger partial charge in [-0.3, -0.25) is 14.3 Å². The zero-order chi connectivity index (χ0) is 18.9. The number of rotatable bonds is 5. The molecule has 0 unspecified atom stereocenters. The molecule has 146 valence electrons. The van der Waals surface area contributed by atoms with Crippen LogP contribution in [0.4, 0.5) is 5.69 Å². The number of halogens is 1. The number of nitrogens with two attached hydrogens (primary N) is 1. The molecule has 0 spiro atoms. The SMILES string of the molecule is Cl.Cn1cc([C@H]2CNC[C@@H]2C(=O)Nc2ccc(C(C)(C)C(N)=O)cc2)cn1. The first-order valence-electron chi connectivity index (χ1n) is 8.69. The molecular formula is C19H26ClN5O2. The van der Waals surface area contributed by atoms with E-state index in [1.54, 1.807) is 30.7 Å². The van der Waals surface area contributed by atoms with Crippen LogP contribution in [0.15, 0.2) is 36.7 Å². The zero-order valence-electron chi connectivity index (χ0n) is 15.7. The molecular weight excluding hydrogens is 366 g/mol. The number of hydrogen-bond donors (Lipinski definition) is 3. The van der Waals surface area contributed by atoms with Gasteiger partial charge in [0, 0.05) is 37.9 Å². The van der Waals surface area contributed by atoms with Crippen molar-refractivity contribution in [3.8, 4) is 0 Å². The largest absolute Gasteiger partial charge is 0.369 e. The summed E-state index contributed by atoms with van der Waals surface area (Å²) in [5, 5.41) is 10.5. The Morgan fingerprint density at radius 3 is 2.48 bits per heavy atom. The summed E-state index contributed by atoms with van der Waals surface area (Å²) in [6, 6.07) is 7.26. The number of benzene rings is 1. The molecule has 2 amide bonds. The fourth-order valence-corrected chi connectivity index (χ4v) is 3.28. The van der Waals surface area contributed by atoms with Gasteiger partial charge in [0.05, 0.1) is 17.5 Å². The molecule has 8 heteroatoms. The number of anilines is 1. The van der Waals surface area contributed by atoms with Crippen molar-refractivity contribution < 1.29 is 9.59 Å². The van der Waals surface area contributed by atoms with Crippen molar-refractivity contribution in [3.05, 3.63) is 47.8 Å². The van der Waals surface area contributed by atoms with E-state index in [-0.39, 0.29) is 36.1 Å². The van der Waals surface area contributed by atoms with Gasteiger partial charge < -0.3 is 16.4 Å². The van der Waals surface area contributed by atoms with Crippen LogP contribution in [0, 0.1) is 5.92 Å². The summed E-state index contributed by atoms with van der Waals surface area (Å²) in [4.78, 5) is 24.3. The normalized spacial score (nSPS) is 19.4. The number of carbonyl (C=O) groups is 2. The first kappa shape index (κ1) is 20.9. The summed E-state index contributed by atoms with van der Waals surface area (Å²) < 4.78 is 1.75. The van der Waals surface area contributed by atoms with E-state index in [2.05, 4.69) is 15.7 Å². The average Bonchev–Trinajstić information content (AvgIpc) is 3.23. The summed E-state index contributed by atoms with van der Waals surface area (Å²) in [6.45, 7) is 4.96. The van der Waals surface area contributed by atoms with Crippen molar-refractivity contribution in [1.29, 1.82) is 0 Å². The van der Waals surface area contributed by atoms with Crippen LogP contribution in [-0.4, -0.2) is 34.7 Å². The first-order valence-corrected chi connectivity index (χ1v) is 8.69. The fourth-order valence-electron chi connectivity index (χ4n) is 3.28. The number of nitrogens with one attached hydrogen (secondary N) is 2. The van der Waals surface area contributed by atoms with Gasteiger partial charge in [-0.05, 0) is 37.1 Å². The Balaban J connectivity index is 0.00000261. The van der Waals surface area contributed by atoms with Crippen molar-refractivity contribution >= 4 is 29.9 Å². The first-order chi connectivity index (χ1) is 12.3. The molecule has 1 aromatic carbocycles. The van der Waals surface area contributed by atoms with Gasteiger partial charge >= 0.3 is 0 Å². The number of aryl methyl sites for hydroxylation is 1. The number of carbonyl (C=O) groups excluding carboxylic acids is 2. The van der Waals surface area contributed by atoms with Crippen molar-refractivity contribution in [2.75, 3.05) is 18.4 Å². The van der Waals surface area contributed by atoms with Gasteiger partial charge in [-0.2, -0.15) is 5.10 Å². The third-order valence-corrected chi connectivity index (χ3v) is 5.19. The van der Waals surface area contributed by atoms with Crippen molar-refractivity contribution in [2.24, 2.45) is 18.7 Å². The number of primary amides is 1. The molecule has 1 aliphatic heterocycles. The summed E-state index contributed by atoms with van der Waals surface area (Å²) in [5.41, 5.74) is 7.30. The van der Waals surface area contributed by atoms with E-state index in [1.807, 2.05) is 31.6 Å². The molecule has 2 atom stereocenters. The Labute approximate surface area is 165 Å². The lowest BCUT2D eigenvalue weighted by molar-refractivity contribution is -0.122. The molecule has 2 heterocycles. The molecule has 7 nitrogen and oxygen atoms in total. The molecule has 3 rings (SSSR count). The Morgan fingerprint density at radius 1 is 1.26 bits per heavy atom. The maximum atomic E-state index is 12.7.